The second kappa shape index (κ2) is 7.12. The third-order valence-electron chi connectivity index (χ3n) is 4.89. The molecule has 2 heterocycles. The van der Waals surface area contributed by atoms with E-state index in [1.165, 1.54) is 12.8 Å². The zero-order valence-corrected chi connectivity index (χ0v) is 14.8. The molecule has 0 radical (unpaired) electrons. The fourth-order valence-electron chi connectivity index (χ4n) is 3.55. The van der Waals surface area contributed by atoms with Crippen molar-refractivity contribution in [3.05, 3.63) is 47.3 Å². The smallest absolute Gasteiger partial charge is 0.255 e. The highest BCUT2D eigenvalue weighted by Gasteiger charge is 2.22. The van der Waals surface area contributed by atoms with Crippen molar-refractivity contribution in [2.75, 3.05) is 20.2 Å². The van der Waals surface area contributed by atoms with Crippen molar-refractivity contribution in [1.29, 1.82) is 0 Å². The van der Waals surface area contributed by atoms with Crippen LogP contribution in [0.4, 0.5) is 0 Å². The van der Waals surface area contributed by atoms with Crippen molar-refractivity contribution >= 4 is 5.91 Å². The summed E-state index contributed by atoms with van der Waals surface area (Å²) >= 11 is 0. The second-order valence-electron chi connectivity index (χ2n) is 6.52. The summed E-state index contributed by atoms with van der Waals surface area (Å²) in [6, 6.07) is 9.97. The number of likely N-dealkylation sites (tertiary alicyclic amines) is 1. The first-order valence-electron chi connectivity index (χ1n) is 8.74. The molecule has 4 heteroatoms. The molecular weight excluding hydrogens is 300 g/mol. The average Bonchev–Trinajstić information content (AvgIpc) is 2.79. The minimum atomic E-state index is 0.171. The van der Waals surface area contributed by atoms with Gasteiger partial charge in [0.1, 0.15) is 5.75 Å². The van der Waals surface area contributed by atoms with Crippen LogP contribution in [0.2, 0.25) is 0 Å². The van der Waals surface area contributed by atoms with Crippen LogP contribution in [0.25, 0.3) is 5.69 Å². The summed E-state index contributed by atoms with van der Waals surface area (Å²) in [6.45, 7) is 5.84. The van der Waals surface area contributed by atoms with E-state index in [0.717, 1.165) is 54.3 Å². The van der Waals surface area contributed by atoms with E-state index in [9.17, 15) is 4.79 Å². The van der Waals surface area contributed by atoms with Gasteiger partial charge in [0, 0.05) is 30.2 Å². The lowest BCUT2D eigenvalue weighted by Gasteiger charge is -2.20. The highest BCUT2D eigenvalue weighted by molar-refractivity contribution is 5.96. The summed E-state index contributed by atoms with van der Waals surface area (Å²) in [5.74, 6) is 1.01. The molecule has 128 valence electrons. The molecule has 3 rings (SSSR count). The van der Waals surface area contributed by atoms with Crippen LogP contribution >= 0.6 is 0 Å². The zero-order chi connectivity index (χ0) is 17.1. The molecule has 1 aromatic carbocycles. The molecule has 1 saturated heterocycles. The lowest BCUT2D eigenvalue weighted by molar-refractivity contribution is 0.0761. The molecule has 0 N–H and O–H groups in total. The summed E-state index contributed by atoms with van der Waals surface area (Å²) in [7, 11) is 1.67. The molecule has 0 aliphatic carbocycles. The minimum Gasteiger partial charge on any atom is -0.497 e. The zero-order valence-electron chi connectivity index (χ0n) is 14.8. The summed E-state index contributed by atoms with van der Waals surface area (Å²) in [5, 5.41) is 0. The molecule has 1 aliphatic rings. The highest BCUT2D eigenvalue weighted by atomic mass is 16.5. The number of rotatable bonds is 3. The lowest BCUT2D eigenvalue weighted by Crippen LogP contribution is -2.32. The van der Waals surface area contributed by atoms with Crippen LogP contribution in [-0.4, -0.2) is 35.6 Å². The lowest BCUT2D eigenvalue weighted by atomic mass is 10.2. The molecule has 1 aliphatic heterocycles. The Bertz CT molecular complexity index is 708. The Morgan fingerprint density at radius 2 is 1.62 bits per heavy atom. The quantitative estimate of drug-likeness (QED) is 0.850. The van der Waals surface area contributed by atoms with Crippen LogP contribution in [0.5, 0.6) is 5.75 Å². The number of hydrogen-bond donors (Lipinski definition) is 0. The highest BCUT2D eigenvalue weighted by Crippen LogP contribution is 2.24. The van der Waals surface area contributed by atoms with Crippen LogP contribution < -0.4 is 4.74 Å². The Labute approximate surface area is 144 Å². The standard InChI is InChI=1S/C20H26N2O2/c1-15-14-19(20(23)21-12-6-4-5-7-13-21)16(2)22(15)17-8-10-18(24-3)11-9-17/h8-11,14H,4-7,12-13H2,1-3H3. The van der Waals surface area contributed by atoms with E-state index in [1.807, 2.05) is 42.2 Å². The van der Waals surface area contributed by atoms with Gasteiger partial charge in [0.15, 0.2) is 0 Å². The normalized spacial score (nSPS) is 15.2. The van der Waals surface area contributed by atoms with E-state index in [-0.39, 0.29) is 5.91 Å². The number of ether oxygens (including phenoxy) is 1. The Kier molecular flexibility index (Phi) is 4.93. The largest absolute Gasteiger partial charge is 0.497 e. The van der Waals surface area contributed by atoms with E-state index in [2.05, 4.69) is 11.5 Å². The Hall–Kier alpha value is -2.23. The fourth-order valence-corrected chi connectivity index (χ4v) is 3.55. The topological polar surface area (TPSA) is 34.5 Å². The Morgan fingerprint density at radius 1 is 1.00 bits per heavy atom. The van der Waals surface area contributed by atoms with E-state index in [1.54, 1.807) is 7.11 Å². The summed E-state index contributed by atoms with van der Waals surface area (Å²) in [4.78, 5) is 15.0. The van der Waals surface area contributed by atoms with Gasteiger partial charge >= 0.3 is 0 Å². The van der Waals surface area contributed by atoms with E-state index >= 15 is 0 Å². The molecule has 24 heavy (non-hydrogen) atoms. The van der Waals surface area contributed by atoms with Crippen molar-refractivity contribution in [3.63, 3.8) is 0 Å². The Balaban J connectivity index is 1.91. The maximum Gasteiger partial charge on any atom is 0.255 e. The molecule has 1 amide bonds. The molecular formula is C20H26N2O2. The van der Waals surface area contributed by atoms with Crippen molar-refractivity contribution in [2.45, 2.75) is 39.5 Å². The van der Waals surface area contributed by atoms with E-state index in [0.29, 0.717) is 0 Å². The van der Waals surface area contributed by atoms with Crippen LogP contribution in [0.15, 0.2) is 30.3 Å². The van der Waals surface area contributed by atoms with Crippen molar-refractivity contribution < 1.29 is 9.53 Å². The molecule has 0 atom stereocenters. The molecule has 0 unspecified atom stereocenters. The van der Waals surface area contributed by atoms with Crippen LogP contribution in [-0.2, 0) is 0 Å². The molecule has 1 aromatic heterocycles. The molecule has 1 fully saturated rings. The number of aromatic nitrogens is 1. The van der Waals surface area contributed by atoms with Crippen LogP contribution in [0.3, 0.4) is 0 Å². The number of methoxy groups -OCH3 is 1. The maximum absolute atomic E-state index is 13.0. The van der Waals surface area contributed by atoms with Gasteiger partial charge in [0.25, 0.3) is 5.91 Å². The fraction of sp³-hybridized carbons (Fsp3) is 0.450. The van der Waals surface area contributed by atoms with Crippen molar-refractivity contribution in [3.8, 4) is 11.4 Å². The van der Waals surface area contributed by atoms with Gasteiger partial charge in [-0.2, -0.15) is 0 Å². The van der Waals surface area contributed by atoms with Gasteiger partial charge in [-0.1, -0.05) is 12.8 Å². The predicted octanol–water partition coefficient (Wildman–Crippen LogP) is 4.12. The first-order valence-corrected chi connectivity index (χ1v) is 8.74. The van der Waals surface area contributed by atoms with E-state index in [4.69, 9.17) is 4.74 Å². The molecule has 0 spiro atoms. The number of aryl methyl sites for hydroxylation is 1. The third-order valence-corrected chi connectivity index (χ3v) is 4.89. The van der Waals surface area contributed by atoms with Gasteiger partial charge in [0.2, 0.25) is 0 Å². The monoisotopic (exact) mass is 326 g/mol. The number of carbonyl (C=O) groups excluding carboxylic acids is 1. The molecule has 4 nitrogen and oxygen atoms in total. The van der Waals surface area contributed by atoms with Gasteiger partial charge in [-0.25, -0.2) is 0 Å². The predicted molar refractivity (Wildman–Crippen MR) is 96.2 cm³/mol. The number of hydrogen-bond acceptors (Lipinski definition) is 2. The van der Waals surface area contributed by atoms with Crippen molar-refractivity contribution in [1.82, 2.24) is 9.47 Å². The molecule has 0 saturated carbocycles. The van der Waals surface area contributed by atoms with Gasteiger partial charge < -0.3 is 14.2 Å². The average molecular weight is 326 g/mol. The number of carbonyl (C=O) groups is 1. The first kappa shape index (κ1) is 16.6. The third kappa shape index (κ3) is 3.18. The summed E-state index contributed by atoms with van der Waals surface area (Å²) in [5.41, 5.74) is 3.97. The maximum atomic E-state index is 13.0. The molecule has 0 bridgehead atoms. The minimum absolute atomic E-state index is 0.171. The summed E-state index contributed by atoms with van der Waals surface area (Å²) in [6.07, 6.45) is 4.69. The van der Waals surface area contributed by atoms with Crippen molar-refractivity contribution in [2.24, 2.45) is 0 Å². The first-order chi connectivity index (χ1) is 11.6. The summed E-state index contributed by atoms with van der Waals surface area (Å²) < 4.78 is 7.37. The van der Waals surface area contributed by atoms with Gasteiger partial charge in [-0.05, 0) is 57.0 Å². The second-order valence-corrected chi connectivity index (χ2v) is 6.52. The van der Waals surface area contributed by atoms with Crippen LogP contribution in [0.1, 0.15) is 47.4 Å². The number of benzene rings is 1. The Morgan fingerprint density at radius 3 is 2.21 bits per heavy atom. The van der Waals surface area contributed by atoms with Gasteiger partial charge in [-0.3, -0.25) is 4.79 Å². The van der Waals surface area contributed by atoms with Gasteiger partial charge in [0.05, 0.1) is 12.7 Å². The molecule has 2 aromatic rings. The number of amides is 1. The SMILES string of the molecule is COc1ccc(-n2c(C)cc(C(=O)N3CCCCCC3)c2C)cc1. The van der Waals surface area contributed by atoms with Gasteiger partial charge in [-0.15, -0.1) is 0 Å². The number of nitrogens with zero attached hydrogens (tertiary/aromatic N) is 2. The van der Waals surface area contributed by atoms with E-state index < -0.39 is 0 Å². The van der Waals surface area contributed by atoms with Crippen LogP contribution in [0, 0.1) is 13.8 Å².